The van der Waals surface area contributed by atoms with Gasteiger partial charge in [0.1, 0.15) is 12.7 Å². The minimum absolute atomic E-state index is 0.0107. The van der Waals surface area contributed by atoms with Crippen molar-refractivity contribution >= 4 is 38.7 Å². The summed E-state index contributed by atoms with van der Waals surface area (Å²) in [4.78, 5) is 16.5. The number of amides is 1. The molecular weight excluding hydrogens is 402 g/mol. The zero-order valence-corrected chi connectivity index (χ0v) is 16.5. The van der Waals surface area contributed by atoms with Crippen LogP contribution in [-0.4, -0.2) is 41.4 Å². The van der Waals surface area contributed by atoms with Crippen molar-refractivity contribution in [3.8, 4) is 5.69 Å². The fourth-order valence-electron chi connectivity index (χ4n) is 2.46. The monoisotopic (exact) mass is 419 g/mol. The van der Waals surface area contributed by atoms with Crippen molar-refractivity contribution in [2.24, 2.45) is 0 Å². The highest BCUT2D eigenvalue weighted by Gasteiger charge is 2.12. The van der Waals surface area contributed by atoms with Crippen molar-refractivity contribution in [2.75, 3.05) is 22.9 Å². The van der Waals surface area contributed by atoms with Crippen molar-refractivity contribution in [3.05, 3.63) is 60.1 Å². The number of sulfone groups is 1. The van der Waals surface area contributed by atoms with Crippen LogP contribution >= 0.6 is 11.6 Å². The van der Waals surface area contributed by atoms with E-state index in [0.29, 0.717) is 22.1 Å². The Morgan fingerprint density at radius 3 is 2.57 bits per heavy atom. The van der Waals surface area contributed by atoms with Gasteiger partial charge in [-0.25, -0.2) is 18.1 Å². The van der Waals surface area contributed by atoms with Gasteiger partial charge in [-0.3, -0.25) is 4.79 Å². The summed E-state index contributed by atoms with van der Waals surface area (Å²) in [6, 6.07) is 11.3. The molecule has 2 N–H and O–H groups in total. The van der Waals surface area contributed by atoms with Crippen LogP contribution in [0.3, 0.4) is 0 Å². The molecular formula is C18H18ClN5O3S. The topological polar surface area (TPSA) is 106 Å². The van der Waals surface area contributed by atoms with Gasteiger partial charge in [0.05, 0.1) is 28.6 Å². The van der Waals surface area contributed by atoms with Gasteiger partial charge in [0.2, 0.25) is 5.91 Å². The van der Waals surface area contributed by atoms with E-state index in [4.69, 9.17) is 11.6 Å². The number of hydrogen-bond acceptors (Lipinski definition) is 6. The maximum absolute atomic E-state index is 12.3. The van der Waals surface area contributed by atoms with Gasteiger partial charge in [0.15, 0.2) is 9.84 Å². The normalized spacial score (nSPS) is 11.2. The molecule has 0 radical (unpaired) electrons. The Kier molecular flexibility index (Phi) is 5.96. The Bertz CT molecular complexity index is 1070. The first-order valence-corrected chi connectivity index (χ1v) is 10.4. The van der Waals surface area contributed by atoms with Crippen molar-refractivity contribution in [1.82, 2.24) is 14.8 Å². The van der Waals surface area contributed by atoms with Crippen LogP contribution in [0.4, 0.5) is 11.4 Å². The molecule has 3 rings (SSSR count). The summed E-state index contributed by atoms with van der Waals surface area (Å²) in [6.07, 6.45) is 2.91. The maximum atomic E-state index is 12.3. The number of rotatable bonds is 7. The average molecular weight is 420 g/mol. The first-order valence-electron chi connectivity index (χ1n) is 8.40. The van der Waals surface area contributed by atoms with Gasteiger partial charge in [-0.05, 0) is 42.5 Å². The third-order valence-electron chi connectivity index (χ3n) is 3.94. The summed E-state index contributed by atoms with van der Waals surface area (Å²) in [5.74, 6) is -0.260. The van der Waals surface area contributed by atoms with Gasteiger partial charge < -0.3 is 10.6 Å². The van der Waals surface area contributed by atoms with E-state index in [9.17, 15) is 13.2 Å². The van der Waals surface area contributed by atoms with E-state index in [1.807, 2.05) is 0 Å². The van der Waals surface area contributed by atoms with Crippen LogP contribution in [0.25, 0.3) is 5.69 Å². The molecule has 1 heterocycles. The van der Waals surface area contributed by atoms with Crippen LogP contribution < -0.4 is 10.6 Å². The zero-order chi connectivity index (χ0) is 20.1. The van der Waals surface area contributed by atoms with Gasteiger partial charge in [0, 0.05) is 10.7 Å². The van der Waals surface area contributed by atoms with Crippen LogP contribution in [0.5, 0.6) is 0 Å². The summed E-state index contributed by atoms with van der Waals surface area (Å²) in [5.41, 5.74) is 1.76. The molecule has 0 aliphatic heterocycles. The molecule has 1 amide bonds. The Hall–Kier alpha value is -2.91. The lowest BCUT2D eigenvalue weighted by molar-refractivity contribution is -0.114. The lowest BCUT2D eigenvalue weighted by Gasteiger charge is -2.12. The quantitative estimate of drug-likeness (QED) is 0.610. The minimum Gasteiger partial charge on any atom is -0.376 e. The molecule has 0 aliphatic carbocycles. The van der Waals surface area contributed by atoms with Gasteiger partial charge in [-0.2, -0.15) is 5.10 Å². The van der Waals surface area contributed by atoms with E-state index in [1.165, 1.54) is 29.5 Å². The summed E-state index contributed by atoms with van der Waals surface area (Å²) in [6.45, 7) is 1.58. The number of nitrogens with zero attached hydrogens (tertiary/aromatic N) is 3. The van der Waals surface area contributed by atoms with Crippen LogP contribution in [0.1, 0.15) is 6.92 Å². The van der Waals surface area contributed by atoms with Gasteiger partial charge in [-0.1, -0.05) is 18.5 Å². The van der Waals surface area contributed by atoms with E-state index >= 15 is 0 Å². The number of nitrogens with one attached hydrogen (secondary N) is 2. The predicted octanol–water partition coefficient (Wildman–Crippen LogP) is 2.76. The molecule has 10 heteroatoms. The Labute approximate surface area is 167 Å². The van der Waals surface area contributed by atoms with Crippen molar-refractivity contribution in [3.63, 3.8) is 0 Å². The van der Waals surface area contributed by atoms with Crippen LogP contribution in [-0.2, 0) is 14.6 Å². The third-order valence-corrected chi connectivity index (χ3v) is 5.93. The number of carbonyl (C=O) groups excluding carboxylic acids is 1. The number of benzene rings is 2. The lowest BCUT2D eigenvalue weighted by atomic mass is 10.2. The summed E-state index contributed by atoms with van der Waals surface area (Å²) < 4.78 is 25.2. The molecule has 0 saturated carbocycles. The Morgan fingerprint density at radius 1 is 1.18 bits per heavy atom. The van der Waals surface area contributed by atoms with E-state index < -0.39 is 9.84 Å². The molecule has 28 heavy (non-hydrogen) atoms. The fourth-order valence-corrected chi connectivity index (χ4v) is 3.52. The van der Waals surface area contributed by atoms with E-state index in [1.54, 1.807) is 37.3 Å². The number of anilines is 2. The largest absolute Gasteiger partial charge is 0.376 e. The standard InChI is InChI=1S/C18H18ClN5O3S/c1-2-28(26,27)15-6-4-14(5-7-15)21-10-18(25)23-16-9-13(19)3-8-17(16)24-12-20-11-22-24/h3-9,11-12,21H,2,10H2,1H3,(H,23,25). The Balaban J connectivity index is 1.66. The van der Waals surface area contributed by atoms with Crippen LogP contribution in [0, 0.1) is 0 Å². The van der Waals surface area contributed by atoms with Crippen molar-refractivity contribution in [1.29, 1.82) is 0 Å². The average Bonchev–Trinajstić information content (AvgIpc) is 3.21. The van der Waals surface area contributed by atoms with Crippen LogP contribution in [0.2, 0.25) is 5.02 Å². The second-order valence-corrected chi connectivity index (χ2v) is 8.55. The van der Waals surface area contributed by atoms with E-state index in [2.05, 4.69) is 20.7 Å². The van der Waals surface area contributed by atoms with Crippen LogP contribution in [0.15, 0.2) is 60.0 Å². The molecule has 0 atom stereocenters. The molecule has 0 unspecified atom stereocenters. The fraction of sp³-hybridized carbons (Fsp3) is 0.167. The van der Waals surface area contributed by atoms with Gasteiger partial charge >= 0.3 is 0 Å². The zero-order valence-electron chi connectivity index (χ0n) is 15.0. The smallest absolute Gasteiger partial charge is 0.243 e. The molecule has 0 saturated heterocycles. The second kappa shape index (κ2) is 8.41. The number of aromatic nitrogens is 3. The molecule has 0 spiro atoms. The first kappa shape index (κ1) is 19.8. The molecule has 0 aliphatic rings. The summed E-state index contributed by atoms with van der Waals surface area (Å²) >= 11 is 6.04. The number of hydrogen-bond donors (Lipinski definition) is 2. The maximum Gasteiger partial charge on any atom is 0.243 e. The second-order valence-electron chi connectivity index (χ2n) is 5.83. The SMILES string of the molecule is CCS(=O)(=O)c1ccc(NCC(=O)Nc2cc(Cl)ccc2-n2cncn2)cc1. The first-order chi connectivity index (χ1) is 13.4. The van der Waals surface area contributed by atoms with E-state index in [-0.39, 0.29) is 23.1 Å². The molecule has 0 fully saturated rings. The van der Waals surface area contributed by atoms with Gasteiger partial charge in [0.25, 0.3) is 0 Å². The van der Waals surface area contributed by atoms with Crippen molar-refractivity contribution in [2.45, 2.75) is 11.8 Å². The molecule has 3 aromatic rings. The Morgan fingerprint density at radius 2 is 1.93 bits per heavy atom. The van der Waals surface area contributed by atoms with Gasteiger partial charge in [-0.15, -0.1) is 0 Å². The number of carbonyl (C=O) groups is 1. The summed E-state index contributed by atoms with van der Waals surface area (Å²) in [5, 5.41) is 10.3. The number of halogens is 1. The van der Waals surface area contributed by atoms with E-state index in [0.717, 1.165) is 0 Å². The molecule has 8 nitrogen and oxygen atoms in total. The molecule has 2 aromatic carbocycles. The highest BCUT2D eigenvalue weighted by atomic mass is 35.5. The highest BCUT2D eigenvalue weighted by molar-refractivity contribution is 7.91. The molecule has 0 bridgehead atoms. The molecule has 146 valence electrons. The summed E-state index contributed by atoms with van der Waals surface area (Å²) in [7, 11) is -3.25. The predicted molar refractivity (Wildman–Crippen MR) is 108 cm³/mol. The minimum atomic E-state index is -3.25. The third kappa shape index (κ3) is 4.68. The van der Waals surface area contributed by atoms with Crippen molar-refractivity contribution < 1.29 is 13.2 Å². The lowest BCUT2D eigenvalue weighted by Crippen LogP contribution is -2.22. The highest BCUT2D eigenvalue weighted by Crippen LogP contribution is 2.24. The molecule has 1 aromatic heterocycles.